The largest absolute Gasteiger partial charge is 0.455 e. The first-order chi connectivity index (χ1) is 13.4. The topological polar surface area (TPSA) is 78.1 Å². The Hall–Kier alpha value is -3.23. The van der Waals surface area contributed by atoms with Gasteiger partial charge in [0, 0.05) is 18.0 Å². The molecule has 0 aliphatic heterocycles. The van der Waals surface area contributed by atoms with Crippen molar-refractivity contribution in [3.8, 4) is 11.4 Å². The summed E-state index contributed by atoms with van der Waals surface area (Å²) in [6.45, 7) is -0.192. The monoisotopic (exact) mass is 389 g/mol. The molecule has 0 spiro atoms. The molecule has 1 saturated carbocycles. The summed E-state index contributed by atoms with van der Waals surface area (Å²) in [7, 11) is 0. The lowest BCUT2D eigenvalue weighted by Gasteiger charge is -2.05. The molecule has 0 unspecified atom stereocenters. The van der Waals surface area contributed by atoms with E-state index in [9.17, 15) is 18.0 Å². The molecule has 9 heteroatoms. The average Bonchev–Trinajstić information content (AvgIpc) is 3.36. The number of hydrogen-bond acceptors (Lipinski definition) is 6. The van der Waals surface area contributed by atoms with Crippen molar-refractivity contribution in [2.75, 3.05) is 0 Å². The lowest BCUT2D eigenvalue weighted by atomic mass is 10.1. The van der Waals surface area contributed by atoms with Gasteiger partial charge in [0.2, 0.25) is 5.82 Å². The summed E-state index contributed by atoms with van der Waals surface area (Å²) in [4.78, 5) is 20.2. The van der Waals surface area contributed by atoms with Gasteiger partial charge in [-0.1, -0.05) is 23.4 Å². The van der Waals surface area contributed by atoms with Crippen LogP contribution in [0.3, 0.4) is 0 Å². The molecule has 1 fully saturated rings. The van der Waals surface area contributed by atoms with E-state index in [1.54, 1.807) is 12.4 Å². The van der Waals surface area contributed by atoms with Gasteiger partial charge in [0.1, 0.15) is 0 Å². The van der Waals surface area contributed by atoms with Crippen LogP contribution in [-0.2, 0) is 22.3 Å². The molecule has 6 nitrogen and oxygen atoms in total. The van der Waals surface area contributed by atoms with E-state index in [0.717, 1.165) is 17.7 Å². The Morgan fingerprint density at radius 2 is 2.00 bits per heavy atom. The molecule has 3 aromatic rings. The van der Waals surface area contributed by atoms with Crippen LogP contribution in [0.25, 0.3) is 11.4 Å². The minimum atomic E-state index is -4.41. The number of benzene rings is 1. The van der Waals surface area contributed by atoms with Crippen molar-refractivity contribution in [3.63, 3.8) is 0 Å². The van der Waals surface area contributed by atoms with Gasteiger partial charge in [0.25, 0.3) is 5.89 Å². The summed E-state index contributed by atoms with van der Waals surface area (Å²) >= 11 is 0. The van der Waals surface area contributed by atoms with Crippen molar-refractivity contribution in [2.24, 2.45) is 5.92 Å². The van der Waals surface area contributed by atoms with Crippen LogP contribution in [0.1, 0.15) is 29.4 Å². The van der Waals surface area contributed by atoms with Gasteiger partial charge in [0.05, 0.1) is 11.5 Å². The molecular formula is C19H14F3N3O3. The van der Waals surface area contributed by atoms with Crippen LogP contribution in [0.2, 0.25) is 0 Å². The molecule has 2 atom stereocenters. The highest BCUT2D eigenvalue weighted by Crippen LogP contribution is 2.47. The summed E-state index contributed by atoms with van der Waals surface area (Å²) in [5.41, 5.74) is 0.599. The third-order valence-electron chi connectivity index (χ3n) is 4.48. The predicted octanol–water partition coefficient (Wildman–Crippen LogP) is 4.00. The van der Waals surface area contributed by atoms with Crippen LogP contribution in [0.5, 0.6) is 0 Å². The second-order valence-corrected chi connectivity index (χ2v) is 6.43. The quantitative estimate of drug-likeness (QED) is 0.614. The average molecular weight is 389 g/mol. The molecular weight excluding hydrogens is 375 g/mol. The van der Waals surface area contributed by atoms with Gasteiger partial charge in [0.15, 0.2) is 6.61 Å². The van der Waals surface area contributed by atoms with Crippen LogP contribution in [0.4, 0.5) is 13.2 Å². The highest BCUT2D eigenvalue weighted by Gasteiger charge is 2.45. The lowest BCUT2D eigenvalue weighted by Crippen LogP contribution is -2.08. The molecule has 2 aromatic heterocycles. The summed E-state index contributed by atoms with van der Waals surface area (Å²) in [5.74, 6) is -0.280. The molecule has 0 radical (unpaired) electrons. The Labute approximate surface area is 157 Å². The van der Waals surface area contributed by atoms with Gasteiger partial charge >= 0.3 is 12.1 Å². The molecule has 0 bridgehead atoms. The number of rotatable bonds is 5. The molecule has 1 aromatic carbocycles. The van der Waals surface area contributed by atoms with E-state index in [2.05, 4.69) is 15.1 Å². The maximum absolute atomic E-state index is 12.6. The second kappa shape index (κ2) is 7.06. The maximum Gasteiger partial charge on any atom is 0.416 e. The van der Waals surface area contributed by atoms with E-state index >= 15 is 0 Å². The van der Waals surface area contributed by atoms with Crippen molar-refractivity contribution >= 4 is 5.97 Å². The van der Waals surface area contributed by atoms with Crippen LogP contribution in [0, 0.1) is 5.92 Å². The fourth-order valence-corrected chi connectivity index (χ4v) is 2.90. The van der Waals surface area contributed by atoms with Crippen LogP contribution in [-0.4, -0.2) is 21.1 Å². The van der Waals surface area contributed by atoms with E-state index in [-0.39, 0.29) is 36.1 Å². The highest BCUT2D eigenvalue weighted by atomic mass is 19.4. The fourth-order valence-electron chi connectivity index (χ4n) is 2.90. The first-order valence-corrected chi connectivity index (χ1v) is 8.48. The van der Waals surface area contributed by atoms with Crippen molar-refractivity contribution in [1.29, 1.82) is 0 Å². The molecule has 0 amide bonds. The SMILES string of the molecule is O=C(OCc1nc(-c2ccc(C(F)(F)F)cc2)no1)[C@@H]1C[C@H]1c1cccnc1. The smallest absolute Gasteiger partial charge is 0.416 e. The van der Waals surface area contributed by atoms with Crippen molar-refractivity contribution < 1.29 is 27.2 Å². The predicted molar refractivity (Wildman–Crippen MR) is 89.6 cm³/mol. The summed E-state index contributed by atoms with van der Waals surface area (Å²) in [6.07, 6.45) is -0.313. The Balaban J connectivity index is 1.33. The number of hydrogen-bond donors (Lipinski definition) is 0. The summed E-state index contributed by atoms with van der Waals surface area (Å²) in [6, 6.07) is 8.13. The number of halogens is 3. The number of carbonyl (C=O) groups is 1. The number of carbonyl (C=O) groups excluding carboxylic acids is 1. The van der Waals surface area contributed by atoms with Crippen LogP contribution in [0.15, 0.2) is 53.3 Å². The van der Waals surface area contributed by atoms with Crippen molar-refractivity contribution in [3.05, 3.63) is 65.8 Å². The molecule has 1 aliphatic rings. The number of alkyl halides is 3. The van der Waals surface area contributed by atoms with E-state index in [1.165, 1.54) is 12.1 Å². The zero-order chi connectivity index (χ0) is 19.7. The first-order valence-electron chi connectivity index (χ1n) is 8.48. The van der Waals surface area contributed by atoms with Crippen LogP contribution < -0.4 is 0 Å². The third kappa shape index (κ3) is 3.88. The third-order valence-corrected chi connectivity index (χ3v) is 4.48. The summed E-state index contributed by atoms with van der Waals surface area (Å²) in [5, 5.41) is 3.71. The van der Waals surface area contributed by atoms with Gasteiger partial charge in [-0.25, -0.2) is 0 Å². The van der Waals surface area contributed by atoms with Gasteiger partial charge < -0.3 is 9.26 Å². The van der Waals surface area contributed by atoms with E-state index < -0.39 is 11.7 Å². The van der Waals surface area contributed by atoms with Crippen molar-refractivity contribution in [2.45, 2.75) is 25.1 Å². The van der Waals surface area contributed by atoms with Crippen molar-refractivity contribution in [1.82, 2.24) is 15.1 Å². The molecule has 0 saturated heterocycles. The van der Waals surface area contributed by atoms with Gasteiger partial charge in [-0.3, -0.25) is 9.78 Å². The number of aromatic nitrogens is 3. The van der Waals surface area contributed by atoms with Gasteiger partial charge in [-0.05, 0) is 36.1 Å². The first kappa shape index (κ1) is 18.1. The molecule has 2 heterocycles. The van der Waals surface area contributed by atoms with Crippen LogP contribution >= 0.6 is 0 Å². The van der Waals surface area contributed by atoms with E-state index in [0.29, 0.717) is 12.0 Å². The number of pyridine rings is 1. The van der Waals surface area contributed by atoms with Gasteiger partial charge in [-0.2, -0.15) is 18.2 Å². The minimum absolute atomic E-state index is 0.0711. The minimum Gasteiger partial charge on any atom is -0.455 e. The number of ether oxygens (including phenoxy) is 1. The standard InChI is InChI=1S/C19H14F3N3O3/c20-19(21,22)13-5-3-11(4-6-13)17-24-16(28-25-17)10-27-18(26)15-8-14(15)12-2-1-7-23-9-12/h1-7,9,14-15H,8,10H2/t14-,15+/m0/s1. The highest BCUT2D eigenvalue weighted by molar-refractivity contribution is 5.77. The molecule has 144 valence electrons. The molecule has 4 rings (SSSR count). The lowest BCUT2D eigenvalue weighted by molar-refractivity contribution is -0.147. The zero-order valence-corrected chi connectivity index (χ0v) is 14.4. The van der Waals surface area contributed by atoms with Gasteiger partial charge in [-0.15, -0.1) is 0 Å². The normalized spacial score (nSPS) is 18.7. The Morgan fingerprint density at radius 3 is 2.68 bits per heavy atom. The zero-order valence-electron chi connectivity index (χ0n) is 14.4. The molecule has 28 heavy (non-hydrogen) atoms. The Kier molecular flexibility index (Phi) is 4.58. The Bertz CT molecular complexity index is 971. The van der Waals surface area contributed by atoms with E-state index in [1.807, 2.05) is 12.1 Å². The maximum atomic E-state index is 12.6. The summed E-state index contributed by atoms with van der Waals surface area (Å²) < 4.78 is 48.0. The molecule has 1 aliphatic carbocycles. The van der Waals surface area contributed by atoms with E-state index in [4.69, 9.17) is 9.26 Å². The fraction of sp³-hybridized carbons (Fsp3) is 0.263. The second-order valence-electron chi connectivity index (χ2n) is 6.43. The molecule has 0 N–H and O–H groups in total. The Morgan fingerprint density at radius 1 is 1.21 bits per heavy atom. The number of nitrogens with zero attached hydrogens (tertiary/aromatic N) is 3. The number of esters is 1.